The molecule has 2 fully saturated rings. The lowest BCUT2D eigenvalue weighted by Crippen LogP contribution is -2.45. The van der Waals surface area contributed by atoms with E-state index in [-0.39, 0.29) is 24.0 Å². The fourth-order valence-corrected chi connectivity index (χ4v) is 3.25. The number of alkyl halides is 3. The fraction of sp³-hybridized carbons (Fsp3) is 0.625. The Kier molecular flexibility index (Phi) is 5.92. The van der Waals surface area contributed by atoms with Gasteiger partial charge in [-0.3, -0.25) is 4.90 Å². The van der Waals surface area contributed by atoms with Gasteiger partial charge < -0.3 is 5.32 Å². The van der Waals surface area contributed by atoms with E-state index in [0.29, 0.717) is 25.4 Å². The summed E-state index contributed by atoms with van der Waals surface area (Å²) < 4.78 is 53.8. The number of benzene rings is 1. The second kappa shape index (κ2) is 7.36. The molecule has 0 spiro atoms. The van der Waals surface area contributed by atoms with Gasteiger partial charge in [0, 0.05) is 32.2 Å². The number of piperazine rings is 1. The maximum atomic E-state index is 13.9. The molecule has 0 radical (unpaired) electrons. The maximum absolute atomic E-state index is 13.9. The largest absolute Gasteiger partial charge is 0.419 e. The molecule has 7 heteroatoms. The molecule has 23 heavy (non-hydrogen) atoms. The molecule has 1 N–H and O–H groups in total. The first kappa shape index (κ1) is 18.5. The molecule has 1 aromatic rings. The average molecular weight is 353 g/mol. The molecular weight excluding hydrogens is 332 g/mol. The minimum absolute atomic E-state index is 0. The Morgan fingerprint density at radius 3 is 2.39 bits per heavy atom. The first-order valence-corrected chi connectivity index (χ1v) is 7.77. The fourth-order valence-electron chi connectivity index (χ4n) is 3.25. The maximum Gasteiger partial charge on any atom is 0.419 e. The van der Waals surface area contributed by atoms with Crippen molar-refractivity contribution >= 4 is 12.4 Å². The first-order chi connectivity index (χ1) is 10.5. The molecule has 2 aliphatic rings. The van der Waals surface area contributed by atoms with Crippen LogP contribution in [0.15, 0.2) is 18.2 Å². The Balaban J connectivity index is 0.00000192. The normalized spacial score (nSPS) is 20.9. The molecule has 0 aromatic heterocycles. The topological polar surface area (TPSA) is 15.3 Å². The third kappa shape index (κ3) is 4.37. The molecule has 0 amide bonds. The second-order valence-corrected chi connectivity index (χ2v) is 6.18. The van der Waals surface area contributed by atoms with Gasteiger partial charge in [0.2, 0.25) is 0 Å². The van der Waals surface area contributed by atoms with Crippen molar-refractivity contribution in [3.05, 3.63) is 35.1 Å². The van der Waals surface area contributed by atoms with Crippen molar-refractivity contribution in [1.29, 1.82) is 0 Å². The highest BCUT2D eigenvalue weighted by Gasteiger charge is 2.41. The summed E-state index contributed by atoms with van der Waals surface area (Å²) >= 11 is 0. The van der Waals surface area contributed by atoms with Gasteiger partial charge in [-0.1, -0.05) is 25.0 Å². The smallest absolute Gasteiger partial charge is 0.314 e. The molecule has 2 nitrogen and oxygen atoms in total. The van der Waals surface area contributed by atoms with E-state index in [1.54, 1.807) is 0 Å². The molecule has 1 aliphatic carbocycles. The summed E-state index contributed by atoms with van der Waals surface area (Å²) in [5.74, 6) is -0.690. The minimum atomic E-state index is -4.66. The molecular formula is C16H21ClF4N2. The Labute approximate surface area is 139 Å². The SMILES string of the molecule is Cl.Fc1cccc([C@H](CC2CC2)N2CCNCC2)c1C(F)(F)F. The average Bonchev–Trinajstić information content (AvgIpc) is 3.28. The van der Waals surface area contributed by atoms with Crippen LogP contribution in [0.25, 0.3) is 0 Å². The molecule has 1 saturated carbocycles. The van der Waals surface area contributed by atoms with Gasteiger partial charge in [-0.25, -0.2) is 4.39 Å². The summed E-state index contributed by atoms with van der Waals surface area (Å²) in [7, 11) is 0. The molecule has 1 saturated heterocycles. The van der Waals surface area contributed by atoms with E-state index in [0.717, 1.165) is 32.0 Å². The van der Waals surface area contributed by atoms with Crippen LogP contribution in [0.5, 0.6) is 0 Å². The Bertz CT molecular complexity index is 525. The van der Waals surface area contributed by atoms with Gasteiger partial charge in [-0.15, -0.1) is 12.4 Å². The minimum Gasteiger partial charge on any atom is -0.314 e. The summed E-state index contributed by atoms with van der Waals surface area (Å²) in [6.45, 7) is 2.92. The van der Waals surface area contributed by atoms with E-state index in [1.807, 2.05) is 0 Å². The quantitative estimate of drug-likeness (QED) is 0.824. The predicted molar refractivity (Wildman–Crippen MR) is 83.2 cm³/mol. The number of hydrogen-bond donors (Lipinski definition) is 1. The summed E-state index contributed by atoms with van der Waals surface area (Å²) in [6, 6.07) is 3.39. The third-order valence-electron chi connectivity index (χ3n) is 4.53. The highest BCUT2D eigenvalue weighted by molar-refractivity contribution is 5.85. The van der Waals surface area contributed by atoms with E-state index in [9.17, 15) is 17.6 Å². The van der Waals surface area contributed by atoms with Crippen molar-refractivity contribution in [1.82, 2.24) is 10.2 Å². The molecule has 0 unspecified atom stereocenters. The van der Waals surface area contributed by atoms with Gasteiger partial charge in [0.1, 0.15) is 5.82 Å². The lowest BCUT2D eigenvalue weighted by molar-refractivity contribution is -0.141. The van der Waals surface area contributed by atoms with Crippen molar-refractivity contribution in [2.24, 2.45) is 5.92 Å². The second-order valence-electron chi connectivity index (χ2n) is 6.18. The van der Waals surface area contributed by atoms with Gasteiger partial charge in [0.25, 0.3) is 0 Å². The van der Waals surface area contributed by atoms with E-state index >= 15 is 0 Å². The molecule has 1 aromatic carbocycles. The van der Waals surface area contributed by atoms with E-state index in [4.69, 9.17) is 0 Å². The van der Waals surface area contributed by atoms with E-state index < -0.39 is 17.6 Å². The summed E-state index contributed by atoms with van der Waals surface area (Å²) in [5.41, 5.74) is -0.986. The third-order valence-corrected chi connectivity index (χ3v) is 4.53. The number of nitrogens with zero attached hydrogens (tertiary/aromatic N) is 1. The zero-order valence-corrected chi connectivity index (χ0v) is 13.5. The molecule has 3 rings (SSSR count). The van der Waals surface area contributed by atoms with Crippen LogP contribution in [0.3, 0.4) is 0 Å². The van der Waals surface area contributed by atoms with Gasteiger partial charge in [-0.05, 0) is 24.0 Å². The van der Waals surface area contributed by atoms with Crippen LogP contribution in [-0.4, -0.2) is 31.1 Å². The van der Waals surface area contributed by atoms with E-state index in [1.165, 1.54) is 12.1 Å². The summed E-state index contributed by atoms with van der Waals surface area (Å²) in [4.78, 5) is 2.07. The Morgan fingerprint density at radius 1 is 1.17 bits per heavy atom. The van der Waals surface area contributed by atoms with Crippen molar-refractivity contribution in [3.8, 4) is 0 Å². The summed E-state index contributed by atoms with van der Waals surface area (Å²) in [6.07, 6.45) is -1.83. The lowest BCUT2D eigenvalue weighted by Gasteiger charge is -2.36. The van der Waals surface area contributed by atoms with Crippen LogP contribution in [-0.2, 0) is 6.18 Å². The van der Waals surface area contributed by atoms with Crippen LogP contribution in [0, 0.1) is 11.7 Å². The molecule has 1 heterocycles. The summed E-state index contributed by atoms with van der Waals surface area (Å²) in [5, 5.41) is 3.21. The van der Waals surface area contributed by atoms with Crippen LogP contribution in [0.2, 0.25) is 0 Å². The highest BCUT2D eigenvalue weighted by atomic mass is 35.5. The Hall–Kier alpha value is -0.850. The zero-order chi connectivity index (χ0) is 15.7. The number of nitrogens with one attached hydrogen (secondary N) is 1. The Morgan fingerprint density at radius 2 is 1.83 bits per heavy atom. The molecule has 1 aliphatic heterocycles. The van der Waals surface area contributed by atoms with E-state index in [2.05, 4.69) is 10.2 Å². The number of halogens is 5. The number of rotatable bonds is 4. The van der Waals surface area contributed by atoms with Crippen molar-refractivity contribution in [3.63, 3.8) is 0 Å². The van der Waals surface area contributed by atoms with Gasteiger partial charge in [-0.2, -0.15) is 13.2 Å². The molecule has 1 atom stereocenters. The standard InChI is InChI=1S/C16H20F4N2.ClH/c17-13-3-1-2-12(15(13)16(18,19)20)14(10-11-4-5-11)22-8-6-21-7-9-22;/h1-3,11,14,21H,4-10H2;1H/t14-;/m0./s1. The van der Waals surface area contributed by atoms with Gasteiger partial charge in [0.15, 0.2) is 0 Å². The van der Waals surface area contributed by atoms with Gasteiger partial charge in [0.05, 0.1) is 5.56 Å². The van der Waals surface area contributed by atoms with Crippen LogP contribution < -0.4 is 5.32 Å². The molecule has 0 bridgehead atoms. The molecule has 130 valence electrons. The highest BCUT2D eigenvalue weighted by Crippen LogP contribution is 2.44. The van der Waals surface area contributed by atoms with Crippen LogP contribution >= 0.6 is 12.4 Å². The monoisotopic (exact) mass is 352 g/mol. The van der Waals surface area contributed by atoms with Gasteiger partial charge >= 0.3 is 6.18 Å². The zero-order valence-electron chi connectivity index (χ0n) is 12.7. The predicted octanol–water partition coefficient (Wildman–Crippen LogP) is 4.01. The first-order valence-electron chi connectivity index (χ1n) is 7.77. The van der Waals surface area contributed by atoms with Crippen molar-refractivity contribution in [2.45, 2.75) is 31.5 Å². The van der Waals surface area contributed by atoms with Crippen molar-refractivity contribution < 1.29 is 17.6 Å². The van der Waals surface area contributed by atoms with Crippen LogP contribution in [0.4, 0.5) is 17.6 Å². The lowest BCUT2D eigenvalue weighted by atomic mass is 9.93. The van der Waals surface area contributed by atoms with Crippen molar-refractivity contribution in [2.75, 3.05) is 26.2 Å². The van der Waals surface area contributed by atoms with Crippen LogP contribution in [0.1, 0.15) is 36.4 Å². The number of hydrogen-bond acceptors (Lipinski definition) is 2.